The maximum atomic E-state index is 12.2. The summed E-state index contributed by atoms with van der Waals surface area (Å²) in [6.07, 6.45) is 5.64. The van der Waals surface area contributed by atoms with Crippen molar-refractivity contribution in [3.63, 3.8) is 0 Å². The lowest BCUT2D eigenvalue weighted by Crippen LogP contribution is -2.41. The molecule has 1 aliphatic rings. The SMILES string of the molecule is Cc1c(Br)c(=O)n(C)c(=O)n1C1CCCCC1. The smallest absolute Gasteiger partial charge is 0.294 e. The average Bonchev–Trinajstić information content (AvgIpc) is 2.36. The minimum Gasteiger partial charge on any atom is -0.294 e. The van der Waals surface area contributed by atoms with E-state index in [1.807, 2.05) is 6.92 Å². The summed E-state index contributed by atoms with van der Waals surface area (Å²) in [5.74, 6) is 0. The van der Waals surface area contributed by atoms with Crippen molar-refractivity contribution in [1.29, 1.82) is 0 Å². The molecule has 1 fully saturated rings. The molecule has 1 aromatic rings. The molecule has 1 aromatic heterocycles. The molecule has 0 aliphatic heterocycles. The van der Waals surface area contributed by atoms with Crippen molar-refractivity contribution in [3.8, 4) is 0 Å². The highest BCUT2D eigenvalue weighted by Crippen LogP contribution is 2.28. The minimum atomic E-state index is -0.250. The van der Waals surface area contributed by atoms with Crippen molar-refractivity contribution in [1.82, 2.24) is 9.13 Å². The van der Waals surface area contributed by atoms with E-state index in [2.05, 4.69) is 15.9 Å². The van der Waals surface area contributed by atoms with Crippen LogP contribution in [0.15, 0.2) is 14.1 Å². The summed E-state index contributed by atoms with van der Waals surface area (Å²) >= 11 is 3.29. The van der Waals surface area contributed by atoms with E-state index in [4.69, 9.17) is 0 Å². The van der Waals surface area contributed by atoms with Gasteiger partial charge in [0.25, 0.3) is 5.56 Å². The molecule has 0 atom stereocenters. The van der Waals surface area contributed by atoms with Crippen molar-refractivity contribution >= 4 is 15.9 Å². The molecule has 0 bridgehead atoms. The Kier molecular flexibility index (Phi) is 3.56. The number of hydrogen-bond donors (Lipinski definition) is 0. The van der Waals surface area contributed by atoms with Gasteiger partial charge in [-0.05, 0) is 35.7 Å². The standard InChI is InChI=1S/C12H17BrN2O2/c1-8-10(13)11(16)14(2)12(17)15(8)9-6-4-3-5-7-9/h9H,3-7H2,1-2H3. The van der Waals surface area contributed by atoms with E-state index < -0.39 is 0 Å². The molecule has 94 valence electrons. The molecule has 0 aromatic carbocycles. The molecule has 5 heteroatoms. The molecule has 4 nitrogen and oxygen atoms in total. The summed E-state index contributed by atoms with van der Waals surface area (Å²) in [7, 11) is 1.54. The van der Waals surface area contributed by atoms with Gasteiger partial charge in [0, 0.05) is 18.8 Å². The summed E-state index contributed by atoms with van der Waals surface area (Å²) in [6, 6.07) is 0.249. The Morgan fingerprint density at radius 1 is 1.18 bits per heavy atom. The van der Waals surface area contributed by atoms with Crippen LogP contribution in [-0.4, -0.2) is 9.13 Å². The number of hydrogen-bond acceptors (Lipinski definition) is 2. The van der Waals surface area contributed by atoms with Crippen LogP contribution in [0.2, 0.25) is 0 Å². The van der Waals surface area contributed by atoms with Crippen LogP contribution in [0.3, 0.4) is 0 Å². The second kappa shape index (κ2) is 4.80. The molecule has 0 N–H and O–H groups in total. The molecule has 0 unspecified atom stereocenters. The fraction of sp³-hybridized carbons (Fsp3) is 0.667. The van der Waals surface area contributed by atoms with Crippen LogP contribution < -0.4 is 11.2 Å². The van der Waals surface area contributed by atoms with E-state index in [0.29, 0.717) is 4.47 Å². The van der Waals surface area contributed by atoms with E-state index in [-0.39, 0.29) is 17.3 Å². The molecule has 0 spiro atoms. The minimum absolute atomic E-state index is 0.192. The third-order valence-corrected chi connectivity index (χ3v) is 4.52. The van der Waals surface area contributed by atoms with Crippen LogP contribution in [0, 0.1) is 6.92 Å². The third-order valence-electron chi connectivity index (χ3n) is 3.60. The highest BCUT2D eigenvalue weighted by Gasteiger charge is 2.21. The summed E-state index contributed by atoms with van der Waals surface area (Å²) in [5, 5.41) is 0. The Morgan fingerprint density at radius 2 is 1.76 bits per heavy atom. The molecular formula is C12H17BrN2O2. The molecule has 0 amide bonds. The van der Waals surface area contributed by atoms with Crippen molar-refractivity contribution in [2.45, 2.75) is 45.1 Å². The maximum absolute atomic E-state index is 12.2. The van der Waals surface area contributed by atoms with Crippen molar-refractivity contribution in [2.75, 3.05) is 0 Å². The number of halogens is 1. The predicted octanol–water partition coefficient (Wildman–Crippen LogP) is 2.12. The first-order valence-electron chi connectivity index (χ1n) is 6.01. The summed E-state index contributed by atoms with van der Waals surface area (Å²) in [5.41, 5.74) is 0.312. The lowest BCUT2D eigenvalue weighted by atomic mass is 9.95. The van der Waals surface area contributed by atoms with Crippen LogP contribution in [0.1, 0.15) is 43.8 Å². The highest BCUT2D eigenvalue weighted by atomic mass is 79.9. The van der Waals surface area contributed by atoms with Gasteiger partial charge in [-0.2, -0.15) is 0 Å². The van der Waals surface area contributed by atoms with Gasteiger partial charge in [0.05, 0.1) is 0 Å². The van der Waals surface area contributed by atoms with Gasteiger partial charge < -0.3 is 0 Å². The Balaban J connectivity index is 2.61. The van der Waals surface area contributed by atoms with Crippen LogP contribution >= 0.6 is 15.9 Å². The lowest BCUT2D eigenvalue weighted by Gasteiger charge is -2.26. The van der Waals surface area contributed by atoms with Gasteiger partial charge in [0.2, 0.25) is 0 Å². The van der Waals surface area contributed by atoms with E-state index in [1.165, 1.54) is 18.0 Å². The molecule has 0 radical (unpaired) electrons. The van der Waals surface area contributed by atoms with Crippen LogP contribution in [0.5, 0.6) is 0 Å². The molecule has 1 saturated carbocycles. The summed E-state index contributed by atoms with van der Waals surface area (Å²) < 4.78 is 3.47. The van der Waals surface area contributed by atoms with Gasteiger partial charge in [0.15, 0.2) is 0 Å². The van der Waals surface area contributed by atoms with E-state index in [1.54, 1.807) is 4.57 Å². The zero-order valence-electron chi connectivity index (χ0n) is 10.2. The molecule has 17 heavy (non-hydrogen) atoms. The van der Waals surface area contributed by atoms with Gasteiger partial charge >= 0.3 is 5.69 Å². The van der Waals surface area contributed by atoms with Gasteiger partial charge in [-0.25, -0.2) is 4.79 Å². The Morgan fingerprint density at radius 3 is 2.35 bits per heavy atom. The second-order valence-corrected chi connectivity index (χ2v) is 5.50. The van der Waals surface area contributed by atoms with Crippen molar-refractivity contribution in [2.24, 2.45) is 7.05 Å². The van der Waals surface area contributed by atoms with Crippen molar-refractivity contribution < 1.29 is 0 Å². The Labute approximate surface area is 108 Å². The van der Waals surface area contributed by atoms with Crippen molar-refractivity contribution in [3.05, 3.63) is 31.0 Å². The first kappa shape index (κ1) is 12.6. The first-order valence-corrected chi connectivity index (χ1v) is 6.81. The zero-order chi connectivity index (χ0) is 12.6. The van der Waals surface area contributed by atoms with Crippen LogP contribution in [-0.2, 0) is 7.05 Å². The normalized spacial score (nSPS) is 17.4. The lowest BCUT2D eigenvalue weighted by molar-refractivity contribution is 0.331. The average molecular weight is 301 g/mol. The number of aromatic nitrogens is 2. The maximum Gasteiger partial charge on any atom is 0.331 e. The van der Waals surface area contributed by atoms with Gasteiger partial charge in [-0.3, -0.25) is 13.9 Å². The predicted molar refractivity (Wildman–Crippen MR) is 70.5 cm³/mol. The quantitative estimate of drug-likeness (QED) is 0.797. The van der Waals surface area contributed by atoms with Crippen LogP contribution in [0.4, 0.5) is 0 Å². The highest BCUT2D eigenvalue weighted by molar-refractivity contribution is 9.10. The van der Waals surface area contributed by atoms with Gasteiger partial charge in [-0.15, -0.1) is 0 Å². The molecule has 2 rings (SSSR count). The van der Waals surface area contributed by atoms with Crippen LogP contribution in [0.25, 0.3) is 0 Å². The molecule has 1 heterocycles. The van der Waals surface area contributed by atoms with E-state index >= 15 is 0 Å². The fourth-order valence-electron chi connectivity index (χ4n) is 2.57. The second-order valence-electron chi connectivity index (χ2n) is 4.71. The fourth-order valence-corrected chi connectivity index (χ4v) is 3.03. The Hall–Kier alpha value is -0.840. The largest absolute Gasteiger partial charge is 0.331 e. The Bertz CT molecular complexity index is 539. The van der Waals surface area contributed by atoms with Gasteiger partial charge in [-0.1, -0.05) is 19.3 Å². The molecular weight excluding hydrogens is 284 g/mol. The van der Waals surface area contributed by atoms with E-state index in [0.717, 1.165) is 31.4 Å². The molecule has 0 saturated heterocycles. The number of nitrogens with zero attached hydrogens (tertiary/aromatic N) is 2. The molecule has 1 aliphatic carbocycles. The van der Waals surface area contributed by atoms with Gasteiger partial charge in [0.1, 0.15) is 4.47 Å². The third kappa shape index (κ3) is 2.12. The summed E-state index contributed by atoms with van der Waals surface area (Å²) in [4.78, 5) is 23.9. The first-order chi connectivity index (χ1) is 8.04. The summed E-state index contributed by atoms with van der Waals surface area (Å²) in [6.45, 7) is 1.83. The monoisotopic (exact) mass is 300 g/mol. The zero-order valence-corrected chi connectivity index (χ0v) is 11.8. The topological polar surface area (TPSA) is 44.0 Å². The number of rotatable bonds is 1. The van der Waals surface area contributed by atoms with E-state index in [9.17, 15) is 9.59 Å².